The summed E-state index contributed by atoms with van der Waals surface area (Å²) >= 11 is 0. The second-order valence-electron chi connectivity index (χ2n) is 16.8. The Hall–Kier alpha value is -1.92. The average Bonchev–Trinajstić information content (AvgIpc) is 3.21. The Bertz CT molecular complexity index is 931. The molecule has 0 aliphatic heterocycles. The number of aliphatic hydroxyl groups is 2. The van der Waals surface area contributed by atoms with Gasteiger partial charge in [-0.3, -0.25) is 9.59 Å². The molecular weight excluding hydrogens is 707 g/mol. The molecular formula is C51H95NO5. The molecule has 334 valence electrons. The lowest BCUT2D eigenvalue weighted by Gasteiger charge is -2.20. The van der Waals surface area contributed by atoms with Crippen molar-refractivity contribution in [3.05, 3.63) is 36.5 Å². The number of carbonyl (C=O) groups is 2. The van der Waals surface area contributed by atoms with Gasteiger partial charge in [0, 0.05) is 12.8 Å². The van der Waals surface area contributed by atoms with Gasteiger partial charge in [0.1, 0.15) is 0 Å². The molecule has 0 aromatic rings. The van der Waals surface area contributed by atoms with Gasteiger partial charge in [-0.15, -0.1) is 0 Å². The van der Waals surface area contributed by atoms with Crippen molar-refractivity contribution in [3.63, 3.8) is 0 Å². The van der Waals surface area contributed by atoms with Crippen molar-refractivity contribution in [1.29, 1.82) is 0 Å². The van der Waals surface area contributed by atoms with Crippen LogP contribution >= 0.6 is 0 Å². The average molecular weight is 802 g/mol. The summed E-state index contributed by atoms with van der Waals surface area (Å²) in [5.41, 5.74) is 0. The maximum atomic E-state index is 12.4. The van der Waals surface area contributed by atoms with E-state index in [1.807, 2.05) is 6.08 Å². The van der Waals surface area contributed by atoms with Crippen LogP contribution < -0.4 is 5.32 Å². The molecule has 0 aromatic carbocycles. The van der Waals surface area contributed by atoms with Crippen LogP contribution in [0, 0.1) is 0 Å². The van der Waals surface area contributed by atoms with Crippen molar-refractivity contribution in [1.82, 2.24) is 5.32 Å². The van der Waals surface area contributed by atoms with E-state index < -0.39 is 12.1 Å². The van der Waals surface area contributed by atoms with E-state index in [1.54, 1.807) is 6.08 Å². The summed E-state index contributed by atoms with van der Waals surface area (Å²) < 4.78 is 5.44. The third kappa shape index (κ3) is 43.5. The quantitative estimate of drug-likeness (QED) is 0.0324. The summed E-state index contributed by atoms with van der Waals surface area (Å²) in [4.78, 5) is 24.4. The number of esters is 1. The Morgan fingerprint density at radius 1 is 0.491 bits per heavy atom. The number of unbranched alkanes of at least 4 members (excludes halogenated alkanes) is 30. The first kappa shape index (κ1) is 55.1. The van der Waals surface area contributed by atoms with Gasteiger partial charge in [-0.25, -0.2) is 0 Å². The minimum Gasteiger partial charge on any atom is -0.466 e. The van der Waals surface area contributed by atoms with Gasteiger partial charge in [0.2, 0.25) is 5.91 Å². The molecule has 6 heteroatoms. The predicted octanol–water partition coefficient (Wildman–Crippen LogP) is 14.5. The van der Waals surface area contributed by atoms with Gasteiger partial charge in [-0.05, 0) is 57.8 Å². The standard InChI is InChI=1S/C51H95NO5/c1-3-5-7-9-11-13-15-17-19-20-23-27-31-35-39-43-49(54)48(47-53)52-50(55)44-40-36-32-28-24-22-26-30-34-38-42-46-57-51(56)45-41-37-33-29-25-21-18-16-14-12-10-8-6-4-2/h10,12,16,18,39,43,48-49,53-54H,3-9,11,13-15,17,19-38,40-42,44-47H2,1-2H3,(H,52,55)/b12-10-,18-16-,43-39+. The van der Waals surface area contributed by atoms with Gasteiger partial charge < -0.3 is 20.3 Å². The largest absolute Gasteiger partial charge is 0.466 e. The Morgan fingerprint density at radius 3 is 1.39 bits per heavy atom. The number of allylic oxidation sites excluding steroid dienone is 5. The summed E-state index contributed by atoms with van der Waals surface area (Å²) in [6.45, 7) is 4.80. The van der Waals surface area contributed by atoms with Crippen molar-refractivity contribution in [2.75, 3.05) is 13.2 Å². The van der Waals surface area contributed by atoms with Gasteiger partial charge in [-0.2, -0.15) is 0 Å². The Balaban J connectivity index is 3.53. The van der Waals surface area contributed by atoms with Gasteiger partial charge in [0.15, 0.2) is 0 Å². The van der Waals surface area contributed by atoms with Crippen LogP contribution in [0.4, 0.5) is 0 Å². The molecule has 0 rings (SSSR count). The zero-order chi connectivity index (χ0) is 41.5. The summed E-state index contributed by atoms with van der Waals surface area (Å²) in [5.74, 6) is -0.119. The van der Waals surface area contributed by atoms with Crippen LogP contribution in [0.15, 0.2) is 36.5 Å². The normalized spacial score (nSPS) is 13.0. The maximum Gasteiger partial charge on any atom is 0.305 e. The molecule has 0 aliphatic rings. The molecule has 0 saturated carbocycles. The van der Waals surface area contributed by atoms with Crippen molar-refractivity contribution in [2.45, 2.75) is 264 Å². The Morgan fingerprint density at radius 2 is 0.895 bits per heavy atom. The topological polar surface area (TPSA) is 95.9 Å². The molecule has 3 N–H and O–H groups in total. The molecule has 57 heavy (non-hydrogen) atoms. The zero-order valence-electron chi connectivity index (χ0n) is 37.8. The Kier molecular flexibility index (Phi) is 45.2. The minimum absolute atomic E-state index is 0.0307. The highest BCUT2D eigenvalue weighted by molar-refractivity contribution is 5.76. The molecule has 0 heterocycles. The lowest BCUT2D eigenvalue weighted by atomic mass is 10.0. The third-order valence-corrected chi connectivity index (χ3v) is 11.2. The number of ether oxygens (including phenoxy) is 1. The number of rotatable bonds is 45. The van der Waals surface area contributed by atoms with Gasteiger partial charge >= 0.3 is 5.97 Å². The lowest BCUT2D eigenvalue weighted by molar-refractivity contribution is -0.143. The van der Waals surface area contributed by atoms with Crippen LogP contribution in [0.3, 0.4) is 0 Å². The monoisotopic (exact) mass is 802 g/mol. The minimum atomic E-state index is -0.857. The van der Waals surface area contributed by atoms with E-state index in [0.717, 1.165) is 70.6 Å². The maximum absolute atomic E-state index is 12.4. The van der Waals surface area contributed by atoms with E-state index in [-0.39, 0.29) is 18.5 Å². The molecule has 1 amide bonds. The molecule has 0 bridgehead atoms. The van der Waals surface area contributed by atoms with Crippen LogP contribution in [0.1, 0.15) is 251 Å². The summed E-state index contributed by atoms with van der Waals surface area (Å²) in [7, 11) is 0. The van der Waals surface area contributed by atoms with E-state index >= 15 is 0 Å². The van der Waals surface area contributed by atoms with E-state index in [1.165, 1.54) is 154 Å². The Labute approximate surface area is 353 Å². The third-order valence-electron chi connectivity index (χ3n) is 11.2. The summed E-state index contributed by atoms with van der Waals surface area (Å²) in [5, 5.41) is 23.0. The van der Waals surface area contributed by atoms with Gasteiger partial charge in [-0.1, -0.05) is 217 Å². The van der Waals surface area contributed by atoms with Crippen LogP contribution in [-0.2, 0) is 14.3 Å². The molecule has 0 aromatic heterocycles. The van der Waals surface area contributed by atoms with E-state index in [4.69, 9.17) is 4.74 Å². The van der Waals surface area contributed by atoms with Gasteiger partial charge in [0.25, 0.3) is 0 Å². The molecule has 2 unspecified atom stereocenters. The van der Waals surface area contributed by atoms with Gasteiger partial charge in [0.05, 0.1) is 25.4 Å². The molecule has 0 saturated heterocycles. The zero-order valence-corrected chi connectivity index (χ0v) is 37.8. The number of aliphatic hydroxyl groups excluding tert-OH is 2. The number of hydrogen-bond donors (Lipinski definition) is 3. The first-order valence-electron chi connectivity index (χ1n) is 24.8. The molecule has 0 radical (unpaired) electrons. The first-order chi connectivity index (χ1) is 28.0. The second kappa shape index (κ2) is 46.8. The van der Waals surface area contributed by atoms with Crippen LogP contribution in [0.5, 0.6) is 0 Å². The van der Waals surface area contributed by atoms with E-state index in [0.29, 0.717) is 19.4 Å². The van der Waals surface area contributed by atoms with Crippen LogP contribution in [-0.4, -0.2) is 47.4 Å². The van der Waals surface area contributed by atoms with Crippen molar-refractivity contribution >= 4 is 11.9 Å². The van der Waals surface area contributed by atoms with Crippen LogP contribution in [0.25, 0.3) is 0 Å². The summed E-state index contributed by atoms with van der Waals surface area (Å²) in [6.07, 6.45) is 55.6. The molecule has 0 fully saturated rings. The molecule has 6 nitrogen and oxygen atoms in total. The second-order valence-corrected chi connectivity index (χ2v) is 16.8. The molecule has 0 spiro atoms. The number of nitrogens with one attached hydrogen (secondary N) is 1. The molecule has 2 atom stereocenters. The SMILES string of the molecule is CCCC/C=C\C/C=C\CCCCCCCC(=O)OCCCCCCCCCCCCCC(=O)NC(CO)C(O)/C=C/CCCCCCCCCCCCCCC. The van der Waals surface area contributed by atoms with Crippen molar-refractivity contribution in [3.8, 4) is 0 Å². The van der Waals surface area contributed by atoms with Crippen molar-refractivity contribution < 1.29 is 24.5 Å². The number of amides is 1. The lowest BCUT2D eigenvalue weighted by Crippen LogP contribution is -2.45. The highest BCUT2D eigenvalue weighted by atomic mass is 16.5. The number of hydrogen-bond acceptors (Lipinski definition) is 5. The first-order valence-corrected chi connectivity index (χ1v) is 24.8. The summed E-state index contributed by atoms with van der Waals surface area (Å²) in [6, 6.07) is -0.642. The fraction of sp³-hybridized carbons (Fsp3) is 0.843. The smallest absolute Gasteiger partial charge is 0.305 e. The van der Waals surface area contributed by atoms with E-state index in [2.05, 4.69) is 43.5 Å². The van der Waals surface area contributed by atoms with Crippen LogP contribution in [0.2, 0.25) is 0 Å². The highest BCUT2D eigenvalue weighted by Gasteiger charge is 2.18. The van der Waals surface area contributed by atoms with Crippen molar-refractivity contribution in [2.24, 2.45) is 0 Å². The fourth-order valence-electron chi connectivity index (χ4n) is 7.30. The predicted molar refractivity (Wildman–Crippen MR) is 246 cm³/mol. The van der Waals surface area contributed by atoms with E-state index in [9.17, 15) is 19.8 Å². The molecule has 0 aliphatic carbocycles. The fourth-order valence-corrected chi connectivity index (χ4v) is 7.30. The highest BCUT2D eigenvalue weighted by Crippen LogP contribution is 2.15. The number of carbonyl (C=O) groups excluding carboxylic acids is 2.